The van der Waals surface area contributed by atoms with Gasteiger partial charge in [0.2, 0.25) is 0 Å². The van der Waals surface area contributed by atoms with Crippen molar-refractivity contribution in [3.8, 4) is 11.3 Å². The average molecular weight is 243 g/mol. The first-order chi connectivity index (χ1) is 8.50. The van der Waals surface area contributed by atoms with E-state index < -0.39 is 0 Å². The molecule has 3 N–H and O–H groups in total. The normalized spacial score (nSPS) is 11.8. The monoisotopic (exact) mass is 243 g/mol. The molecule has 0 aliphatic heterocycles. The molecule has 3 heteroatoms. The predicted octanol–water partition coefficient (Wildman–Crippen LogP) is 2.88. The third-order valence-electron chi connectivity index (χ3n) is 3.09. The molecule has 0 unspecified atom stereocenters. The van der Waals surface area contributed by atoms with Crippen LogP contribution in [-0.4, -0.2) is 16.7 Å². The van der Waals surface area contributed by atoms with Crippen LogP contribution >= 0.6 is 0 Å². The van der Waals surface area contributed by atoms with Gasteiger partial charge >= 0.3 is 0 Å². The Kier molecular flexibility index (Phi) is 3.53. The molecule has 0 aliphatic carbocycles. The van der Waals surface area contributed by atoms with Crippen LogP contribution in [0.4, 0.5) is 0 Å². The van der Waals surface area contributed by atoms with Gasteiger partial charge in [-0.2, -0.15) is 5.10 Å². The van der Waals surface area contributed by atoms with Crippen LogP contribution < -0.4 is 5.73 Å². The van der Waals surface area contributed by atoms with E-state index >= 15 is 0 Å². The molecule has 0 bridgehead atoms. The van der Waals surface area contributed by atoms with E-state index in [9.17, 15) is 0 Å². The molecule has 0 radical (unpaired) electrons. The molecule has 1 heterocycles. The Hall–Kier alpha value is -1.61. The van der Waals surface area contributed by atoms with Crippen LogP contribution in [-0.2, 0) is 11.8 Å². The van der Waals surface area contributed by atoms with Crippen LogP contribution in [0.5, 0.6) is 0 Å². The van der Waals surface area contributed by atoms with Crippen LogP contribution in [0.1, 0.15) is 32.0 Å². The van der Waals surface area contributed by atoms with Crippen LogP contribution in [0.3, 0.4) is 0 Å². The lowest BCUT2D eigenvalue weighted by Gasteiger charge is -2.18. The Balaban J connectivity index is 2.23. The zero-order valence-corrected chi connectivity index (χ0v) is 11.3. The van der Waals surface area contributed by atoms with Crippen molar-refractivity contribution in [2.75, 3.05) is 6.54 Å². The van der Waals surface area contributed by atoms with Crippen molar-refractivity contribution in [3.05, 3.63) is 41.6 Å². The van der Waals surface area contributed by atoms with Crippen molar-refractivity contribution >= 4 is 0 Å². The maximum Gasteiger partial charge on any atom is 0.0923 e. The molecule has 2 aromatic rings. The van der Waals surface area contributed by atoms with E-state index in [0.29, 0.717) is 6.54 Å². The van der Waals surface area contributed by atoms with Gasteiger partial charge in [-0.15, -0.1) is 0 Å². The number of aromatic nitrogens is 2. The van der Waals surface area contributed by atoms with E-state index in [1.807, 2.05) is 0 Å². The SMILES string of the molecule is CC(C)(C)c1ccc(-c2cc(CCN)[nH]n2)cc1. The largest absolute Gasteiger partial charge is 0.330 e. The van der Waals surface area contributed by atoms with E-state index in [1.54, 1.807) is 0 Å². The summed E-state index contributed by atoms with van der Waals surface area (Å²) >= 11 is 0. The molecule has 0 atom stereocenters. The molecule has 18 heavy (non-hydrogen) atoms. The number of rotatable bonds is 3. The second-order valence-corrected chi connectivity index (χ2v) is 5.64. The molecule has 0 aliphatic rings. The van der Waals surface area contributed by atoms with E-state index in [1.165, 1.54) is 5.56 Å². The highest BCUT2D eigenvalue weighted by molar-refractivity contribution is 5.59. The highest BCUT2D eigenvalue weighted by atomic mass is 15.1. The second kappa shape index (κ2) is 4.94. The van der Waals surface area contributed by atoms with Gasteiger partial charge in [0.15, 0.2) is 0 Å². The Morgan fingerprint density at radius 2 is 1.83 bits per heavy atom. The molecule has 1 aromatic carbocycles. The zero-order valence-electron chi connectivity index (χ0n) is 11.3. The van der Waals surface area contributed by atoms with Crippen molar-refractivity contribution in [3.63, 3.8) is 0 Å². The quantitative estimate of drug-likeness (QED) is 0.871. The molecule has 3 nitrogen and oxygen atoms in total. The van der Waals surface area contributed by atoms with E-state index in [-0.39, 0.29) is 5.41 Å². The first-order valence-corrected chi connectivity index (χ1v) is 6.36. The topological polar surface area (TPSA) is 54.7 Å². The number of hydrogen-bond acceptors (Lipinski definition) is 2. The Labute approximate surface area is 108 Å². The summed E-state index contributed by atoms with van der Waals surface area (Å²) in [5, 5.41) is 7.34. The smallest absolute Gasteiger partial charge is 0.0923 e. The van der Waals surface area contributed by atoms with Gasteiger partial charge in [0.1, 0.15) is 0 Å². The van der Waals surface area contributed by atoms with Crippen molar-refractivity contribution in [2.24, 2.45) is 5.73 Å². The molecular formula is C15H21N3. The lowest BCUT2D eigenvalue weighted by molar-refractivity contribution is 0.590. The van der Waals surface area contributed by atoms with Crippen molar-refractivity contribution in [2.45, 2.75) is 32.6 Å². The number of hydrogen-bond donors (Lipinski definition) is 2. The van der Waals surface area contributed by atoms with Gasteiger partial charge in [-0.3, -0.25) is 5.10 Å². The summed E-state index contributed by atoms with van der Waals surface area (Å²) in [6.45, 7) is 7.30. The standard InChI is InChI=1S/C15H21N3/c1-15(2,3)12-6-4-11(5-7-12)14-10-13(8-9-16)17-18-14/h4-7,10H,8-9,16H2,1-3H3,(H,17,18). The van der Waals surface area contributed by atoms with Gasteiger partial charge in [-0.05, 0) is 23.6 Å². The van der Waals surface area contributed by atoms with E-state index in [0.717, 1.165) is 23.4 Å². The highest BCUT2D eigenvalue weighted by Gasteiger charge is 2.13. The molecule has 0 saturated heterocycles. The third kappa shape index (κ3) is 2.79. The minimum Gasteiger partial charge on any atom is -0.330 e. The third-order valence-corrected chi connectivity index (χ3v) is 3.09. The summed E-state index contributed by atoms with van der Waals surface area (Å²) in [5.41, 5.74) is 10.3. The molecular weight excluding hydrogens is 222 g/mol. The van der Waals surface area contributed by atoms with Crippen LogP contribution in [0.2, 0.25) is 0 Å². The van der Waals surface area contributed by atoms with Crippen molar-refractivity contribution < 1.29 is 0 Å². The molecule has 0 spiro atoms. The summed E-state index contributed by atoms with van der Waals surface area (Å²) in [6.07, 6.45) is 0.840. The summed E-state index contributed by atoms with van der Waals surface area (Å²) in [4.78, 5) is 0. The average Bonchev–Trinajstić information content (AvgIpc) is 2.77. The van der Waals surface area contributed by atoms with E-state index in [4.69, 9.17) is 5.73 Å². The van der Waals surface area contributed by atoms with Crippen LogP contribution in [0.15, 0.2) is 30.3 Å². The van der Waals surface area contributed by atoms with Gasteiger partial charge in [0.05, 0.1) is 5.69 Å². The van der Waals surface area contributed by atoms with Gasteiger partial charge in [-0.25, -0.2) is 0 Å². The minimum atomic E-state index is 0.189. The van der Waals surface area contributed by atoms with E-state index in [2.05, 4.69) is 61.3 Å². The number of H-pyrrole nitrogens is 1. The fraction of sp³-hybridized carbons (Fsp3) is 0.400. The molecule has 0 saturated carbocycles. The molecule has 0 fully saturated rings. The van der Waals surface area contributed by atoms with Gasteiger partial charge < -0.3 is 5.73 Å². The number of nitrogens with zero attached hydrogens (tertiary/aromatic N) is 1. The van der Waals surface area contributed by atoms with Crippen LogP contribution in [0.25, 0.3) is 11.3 Å². The molecule has 96 valence electrons. The van der Waals surface area contributed by atoms with Crippen molar-refractivity contribution in [1.29, 1.82) is 0 Å². The Morgan fingerprint density at radius 1 is 1.17 bits per heavy atom. The Morgan fingerprint density at radius 3 is 2.39 bits per heavy atom. The predicted molar refractivity (Wildman–Crippen MR) is 75.5 cm³/mol. The maximum absolute atomic E-state index is 5.53. The molecule has 1 aromatic heterocycles. The number of aromatic amines is 1. The van der Waals surface area contributed by atoms with Gasteiger partial charge in [-0.1, -0.05) is 45.0 Å². The summed E-state index contributed by atoms with van der Waals surface area (Å²) in [5.74, 6) is 0. The fourth-order valence-corrected chi connectivity index (χ4v) is 1.93. The zero-order chi connectivity index (χ0) is 13.2. The fourth-order valence-electron chi connectivity index (χ4n) is 1.93. The summed E-state index contributed by atoms with van der Waals surface area (Å²) < 4.78 is 0. The van der Waals surface area contributed by atoms with Crippen LogP contribution in [0, 0.1) is 0 Å². The first-order valence-electron chi connectivity index (χ1n) is 6.36. The minimum absolute atomic E-state index is 0.189. The molecule has 2 rings (SSSR count). The number of nitrogens with one attached hydrogen (secondary N) is 1. The first kappa shape index (κ1) is 12.8. The molecule has 0 amide bonds. The van der Waals surface area contributed by atoms with Gasteiger partial charge in [0, 0.05) is 17.7 Å². The lowest BCUT2D eigenvalue weighted by atomic mass is 9.86. The Bertz CT molecular complexity index is 503. The lowest BCUT2D eigenvalue weighted by Crippen LogP contribution is -2.10. The number of benzene rings is 1. The highest BCUT2D eigenvalue weighted by Crippen LogP contribution is 2.25. The summed E-state index contributed by atoms with van der Waals surface area (Å²) in [6, 6.07) is 10.7. The number of nitrogens with two attached hydrogens (primary N) is 1. The maximum atomic E-state index is 5.53. The van der Waals surface area contributed by atoms with Crippen molar-refractivity contribution in [1.82, 2.24) is 10.2 Å². The summed E-state index contributed by atoms with van der Waals surface area (Å²) in [7, 11) is 0. The second-order valence-electron chi connectivity index (χ2n) is 5.64. The van der Waals surface area contributed by atoms with Gasteiger partial charge in [0.25, 0.3) is 0 Å².